The van der Waals surface area contributed by atoms with Gasteiger partial charge in [-0.3, -0.25) is 0 Å². The van der Waals surface area contributed by atoms with Crippen molar-refractivity contribution in [3.05, 3.63) is 23.8 Å². The maximum Gasteiger partial charge on any atom is 0.128 e. The molecule has 0 unspecified atom stereocenters. The summed E-state index contributed by atoms with van der Waals surface area (Å²) in [5.74, 6) is 0.916. The minimum Gasteiger partial charge on any atom is -0.241 e. The molecule has 0 aliphatic rings. The van der Waals surface area contributed by atoms with Gasteiger partial charge in [-0.25, -0.2) is 9.97 Å². The van der Waals surface area contributed by atoms with Crippen molar-refractivity contribution in [2.75, 3.05) is 0 Å². The van der Waals surface area contributed by atoms with Crippen molar-refractivity contribution in [2.24, 2.45) is 0 Å². The quantitative estimate of drug-likeness (QED) is 0.531. The molecule has 76 valence electrons. The van der Waals surface area contributed by atoms with Gasteiger partial charge in [0, 0.05) is 18.0 Å². The standard InChI is InChI=1S/C11H16N2S/c1-2-3-4-5-6-11-12-8-7-10(9-14)13-11/h7-9H,2-6H2,1H3. The topological polar surface area (TPSA) is 25.8 Å². The molecule has 1 heterocycles. The maximum absolute atomic E-state index is 4.82. The Balaban J connectivity index is 2.38. The van der Waals surface area contributed by atoms with E-state index in [2.05, 4.69) is 16.9 Å². The Hall–Kier alpha value is -0.830. The van der Waals surface area contributed by atoms with Crippen molar-refractivity contribution in [1.29, 1.82) is 0 Å². The smallest absolute Gasteiger partial charge is 0.128 e. The molecule has 0 radical (unpaired) electrons. The van der Waals surface area contributed by atoms with Crippen LogP contribution in [0.1, 0.15) is 44.1 Å². The van der Waals surface area contributed by atoms with Crippen molar-refractivity contribution in [3.8, 4) is 0 Å². The first-order valence-electron chi connectivity index (χ1n) is 5.14. The molecule has 0 saturated heterocycles. The van der Waals surface area contributed by atoms with Crippen LogP contribution in [-0.2, 0) is 6.42 Å². The average Bonchev–Trinajstić information content (AvgIpc) is 2.25. The first-order chi connectivity index (χ1) is 6.86. The van der Waals surface area contributed by atoms with Gasteiger partial charge < -0.3 is 0 Å². The Morgan fingerprint density at radius 1 is 1.36 bits per heavy atom. The Morgan fingerprint density at radius 3 is 2.93 bits per heavy atom. The molecule has 0 N–H and O–H groups in total. The van der Waals surface area contributed by atoms with Gasteiger partial charge >= 0.3 is 0 Å². The molecule has 2 nitrogen and oxygen atoms in total. The highest BCUT2D eigenvalue weighted by Gasteiger charge is 1.97. The summed E-state index contributed by atoms with van der Waals surface area (Å²) in [4.78, 5) is 8.53. The molecule has 1 rings (SSSR count). The molecule has 0 fully saturated rings. The van der Waals surface area contributed by atoms with Gasteiger partial charge in [-0.15, -0.1) is 0 Å². The van der Waals surface area contributed by atoms with E-state index in [1.165, 1.54) is 25.7 Å². The van der Waals surface area contributed by atoms with Crippen LogP contribution in [0.3, 0.4) is 0 Å². The molecular formula is C11H16N2S. The van der Waals surface area contributed by atoms with Crippen LogP contribution in [0.15, 0.2) is 12.3 Å². The average molecular weight is 208 g/mol. The van der Waals surface area contributed by atoms with E-state index >= 15 is 0 Å². The van der Waals surface area contributed by atoms with E-state index in [-0.39, 0.29) is 0 Å². The van der Waals surface area contributed by atoms with E-state index in [0.717, 1.165) is 17.9 Å². The summed E-state index contributed by atoms with van der Waals surface area (Å²) >= 11 is 4.82. The van der Waals surface area contributed by atoms with Gasteiger partial charge in [0.25, 0.3) is 0 Å². The van der Waals surface area contributed by atoms with Crippen LogP contribution in [0.25, 0.3) is 0 Å². The van der Waals surface area contributed by atoms with E-state index < -0.39 is 0 Å². The zero-order valence-electron chi connectivity index (χ0n) is 8.57. The van der Waals surface area contributed by atoms with Crippen LogP contribution >= 0.6 is 12.2 Å². The van der Waals surface area contributed by atoms with Crippen molar-refractivity contribution in [1.82, 2.24) is 9.97 Å². The summed E-state index contributed by atoms with van der Waals surface area (Å²) in [5.41, 5.74) is 0.848. The number of unbranched alkanes of at least 4 members (excludes halogenated alkanes) is 3. The fourth-order valence-corrected chi connectivity index (χ4v) is 1.44. The van der Waals surface area contributed by atoms with Crippen LogP contribution in [0.2, 0.25) is 0 Å². The Labute approximate surface area is 90.8 Å². The van der Waals surface area contributed by atoms with Gasteiger partial charge in [0.05, 0.1) is 5.69 Å². The molecule has 1 aromatic heterocycles. The fraction of sp³-hybridized carbons (Fsp3) is 0.545. The number of nitrogens with zero attached hydrogens (tertiary/aromatic N) is 2. The molecule has 0 aliphatic heterocycles. The predicted octanol–water partition coefficient (Wildman–Crippen LogP) is 2.95. The maximum atomic E-state index is 4.82. The van der Waals surface area contributed by atoms with Gasteiger partial charge in [-0.05, 0) is 12.5 Å². The number of hydrogen-bond acceptors (Lipinski definition) is 3. The second kappa shape index (κ2) is 6.60. The molecule has 0 saturated carbocycles. The van der Waals surface area contributed by atoms with E-state index in [0.29, 0.717) is 0 Å². The zero-order valence-corrected chi connectivity index (χ0v) is 9.39. The van der Waals surface area contributed by atoms with E-state index in [4.69, 9.17) is 12.2 Å². The lowest BCUT2D eigenvalue weighted by molar-refractivity contribution is 0.652. The lowest BCUT2D eigenvalue weighted by atomic mass is 10.1. The third-order valence-electron chi connectivity index (χ3n) is 2.10. The number of rotatable bonds is 6. The van der Waals surface area contributed by atoms with Gasteiger partial charge in [-0.2, -0.15) is 0 Å². The molecule has 3 heteroatoms. The Kier molecular flexibility index (Phi) is 5.30. The second-order valence-electron chi connectivity index (χ2n) is 3.33. The number of hydrogen-bond donors (Lipinski definition) is 0. The number of thiocarbonyl (C=S) groups is 1. The first-order valence-corrected chi connectivity index (χ1v) is 5.61. The van der Waals surface area contributed by atoms with Crippen LogP contribution < -0.4 is 0 Å². The SMILES string of the molecule is CCCCCCc1nccc(C=S)n1. The van der Waals surface area contributed by atoms with E-state index in [9.17, 15) is 0 Å². The predicted molar refractivity (Wildman–Crippen MR) is 62.6 cm³/mol. The highest BCUT2D eigenvalue weighted by Crippen LogP contribution is 2.04. The molecule has 0 aliphatic carbocycles. The number of aromatic nitrogens is 2. The van der Waals surface area contributed by atoms with Crippen LogP contribution in [0.5, 0.6) is 0 Å². The number of aryl methyl sites for hydroxylation is 1. The van der Waals surface area contributed by atoms with Gasteiger partial charge in [0.1, 0.15) is 5.82 Å². The molecule has 1 aromatic rings. The monoisotopic (exact) mass is 208 g/mol. The summed E-state index contributed by atoms with van der Waals surface area (Å²) in [5, 5.41) is 1.59. The highest BCUT2D eigenvalue weighted by atomic mass is 32.1. The molecule has 14 heavy (non-hydrogen) atoms. The minimum absolute atomic E-state index is 0.848. The van der Waals surface area contributed by atoms with Crippen LogP contribution in [0.4, 0.5) is 0 Å². The summed E-state index contributed by atoms with van der Waals surface area (Å²) in [6.07, 6.45) is 7.75. The highest BCUT2D eigenvalue weighted by molar-refractivity contribution is 7.79. The van der Waals surface area contributed by atoms with Gasteiger partial charge in [0.2, 0.25) is 0 Å². The third kappa shape index (κ3) is 3.92. The molecule has 0 atom stereocenters. The lowest BCUT2D eigenvalue weighted by Crippen LogP contribution is -1.97. The Bertz CT molecular complexity index is 286. The molecule has 0 aromatic carbocycles. The largest absolute Gasteiger partial charge is 0.241 e. The Morgan fingerprint density at radius 2 is 2.21 bits per heavy atom. The molecule has 0 bridgehead atoms. The van der Waals surface area contributed by atoms with Crippen molar-refractivity contribution in [2.45, 2.75) is 39.0 Å². The molecular weight excluding hydrogens is 192 g/mol. The van der Waals surface area contributed by atoms with Crippen LogP contribution in [0, 0.1) is 0 Å². The normalized spacial score (nSPS) is 10.1. The second-order valence-corrected chi connectivity index (χ2v) is 3.56. The lowest BCUT2D eigenvalue weighted by Gasteiger charge is -1.99. The van der Waals surface area contributed by atoms with Gasteiger partial charge in [-0.1, -0.05) is 38.4 Å². The summed E-state index contributed by atoms with van der Waals surface area (Å²) < 4.78 is 0. The summed E-state index contributed by atoms with van der Waals surface area (Å²) in [6.45, 7) is 2.21. The fourth-order valence-electron chi connectivity index (χ4n) is 1.31. The minimum atomic E-state index is 0.848. The summed E-state index contributed by atoms with van der Waals surface area (Å²) in [7, 11) is 0. The molecule has 0 spiro atoms. The van der Waals surface area contributed by atoms with Gasteiger partial charge in [0.15, 0.2) is 0 Å². The van der Waals surface area contributed by atoms with Crippen molar-refractivity contribution >= 4 is 17.6 Å². The van der Waals surface area contributed by atoms with E-state index in [1.807, 2.05) is 6.07 Å². The van der Waals surface area contributed by atoms with E-state index in [1.54, 1.807) is 11.6 Å². The summed E-state index contributed by atoms with van der Waals surface area (Å²) in [6, 6.07) is 1.84. The molecule has 0 amide bonds. The van der Waals surface area contributed by atoms with Crippen LogP contribution in [-0.4, -0.2) is 15.3 Å². The third-order valence-corrected chi connectivity index (χ3v) is 2.34. The zero-order chi connectivity index (χ0) is 10.2. The van der Waals surface area contributed by atoms with Crippen molar-refractivity contribution in [3.63, 3.8) is 0 Å². The van der Waals surface area contributed by atoms with Crippen molar-refractivity contribution < 1.29 is 0 Å². The first kappa shape index (κ1) is 11.2.